The van der Waals surface area contributed by atoms with Gasteiger partial charge in [-0.05, 0) is 17.5 Å². The summed E-state index contributed by atoms with van der Waals surface area (Å²) in [5, 5.41) is 4.03. The number of H-pyrrole nitrogens is 1. The fraction of sp³-hybridized carbons (Fsp3) is 0.263. The van der Waals surface area contributed by atoms with Crippen LogP contribution in [0, 0.1) is 5.92 Å². The van der Waals surface area contributed by atoms with E-state index in [2.05, 4.69) is 15.1 Å². The predicted molar refractivity (Wildman–Crippen MR) is 94.7 cm³/mol. The van der Waals surface area contributed by atoms with Crippen LogP contribution in [0.25, 0.3) is 5.95 Å². The van der Waals surface area contributed by atoms with Gasteiger partial charge in [-0.25, -0.2) is 9.67 Å². The summed E-state index contributed by atoms with van der Waals surface area (Å²) in [6.07, 6.45) is 4.80. The minimum atomic E-state index is -0.315. The molecule has 25 heavy (non-hydrogen) atoms. The molecule has 3 rings (SSSR count). The topological polar surface area (TPSA) is 80.6 Å². The van der Waals surface area contributed by atoms with Gasteiger partial charge >= 0.3 is 0 Å². The minimum absolute atomic E-state index is 0.0142. The number of carbonyl (C=O) groups excluding carboxylic acids is 1. The van der Waals surface area contributed by atoms with Crippen molar-refractivity contribution in [2.75, 3.05) is 0 Å². The van der Waals surface area contributed by atoms with E-state index in [4.69, 9.17) is 0 Å². The Kier molecular flexibility index (Phi) is 4.88. The Morgan fingerprint density at radius 3 is 2.56 bits per heavy atom. The maximum atomic E-state index is 12.8. The second kappa shape index (κ2) is 7.25. The van der Waals surface area contributed by atoms with Crippen LogP contribution in [0.1, 0.15) is 30.9 Å². The van der Waals surface area contributed by atoms with E-state index >= 15 is 0 Å². The quantitative estimate of drug-likeness (QED) is 0.750. The molecule has 0 aliphatic rings. The van der Waals surface area contributed by atoms with Crippen molar-refractivity contribution < 1.29 is 4.79 Å². The molecule has 0 radical (unpaired) electrons. The van der Waals surface area contributed by atoms with E-state index in [1.807, 2.05) is 44.2 Å². The van der Waals surface area contributed by atoms with Gasteiger partial charge in [0.05, 0.1) is 0 Å². The third-order valence-electron chi connectivity index (χ3n) is 4.12. The lowest BCUT2D eigenvalue weighted by molar-refractivity contribution is -0.120. The van der Waals surface area contributed by atoms with E-state index in [1.54, 1.807) is 18.5 Å². The van der Waals surface area contributed by atoms with Gasteiger partial charge < -0.3 is 0 Å². The summed E-state index contributed by atoms with van der Waals surface area (Å²) in [6.45, 7) is 4.03. The van der Waals surface area contributed by atoms with Crippen LogP contribution >= 0.6 is 0 Å². The number of Topliss-reactive ketones (excluding diaryl/α,β-unsaturated/α-hetero) is 1. The molecule has 0 amide bonds. The maximum absolute atomic E-state index is 12.8. The summed E-state index contributed by atoms with van der Waals surface area (Å²) in [6, 6.07) is 11.4. The molecule has 128 valence electrons. The highest BCUT2D eigenvalue weighted by Crippen LogP contribution is 2.26. The molecule has 6 heteroatoms. The van der Waals surface area contributed by atoms with Crippen molar-refractivity contribution in [3.05, 3.63) is 76.5 Å². The molecule has 0 aliphatic heterocycles. The zero-order valence-electron chi connectivity index (χ0n) is 14.2. The summed E-state index contributed by atoms with van der Waals surface area (Å²) in [5.74, 6) is 0.242. The Bertz CT molecular complexity index is 899. The van der Waals surface area contributed by atoms with Crippen LogP contribution in [0.5, 0.6) is 0 Å². The number of rotatable bonds is 6. The van der Waals surface area contributed by atoms with E-state index in [0.717, 1.165) is 5.56 Å². The predicted octanol–water partition coefficient (Wildman–Crippen LogP) is 2.51. The van der Waals surface area contributed by atoms with Crippen molar-refractivity contribution in [3.63, 3.8) is 0 Å². The summed E-state index contributed by atoms with van der Waals surface area (Å²) in [5.41, 5.74) is 1.02. The lowest BCUT2D eigenvalue weighted by atomic mass is 9.83. The fourth-order valence-electron chi connectivity index (χ4n) is 2.95. The van der Waals surface area contributed by atoms with Gasteiger partial charge in [0, 0.05) is 36.5 Å². The molecule has 0 saturated carbocycles. The molecule has 6 nitrogen and oxygen atoms in total. The van der Waals surface area contributed by atoms with Crippen molar-refractivity contribution in [2.24, 2.45) is 5.92 Å². The number of hydrogen-bond acceptors (Lipinski definition) is 4. The molecule has 3 aromatic rings. The maximum Gasteiger partial charge on any atom is 0.255 e. The molecule has 1 unspecified atom stereocenters. The third kappa shape index (κ3) is 3.74. The molecule has 0 bridgehead atoms. The van der Waals surface area contributed by atoms with Crippen molar-refractivity contribution in [3.8, 4) is 5.95 Å². The van der Waals surface area contributed by atoms with Crippen LogP contribution in [-0.4, -0.2) is 25.5 Å². The molecular formula is C19H20N4O2. The van der Waals surface area contributed by atoms with Gasteiger partial charge in [-0.1, -0.05) is 44.2 Å². The Labute approximate surface area is 145 Å². The summed E-state index contributed by atoms with van der Waals surface area (Å²) >= 11 is 0. The molecule has 0 saturated heterocycles. The molecule has 0 aliphatic carbocycles. The number of aromatic amines is 1. The van der Waals surface area contributed by atoms with E-state index in [1.165, 1.54) is 10.9 Å². The van der Waals surface area contributed by atoms with Gasteiger partial charge in [-0.15, -0.1) is 0 Å². The Balaban J connectivity index is 1.83. The largest absolute Gasteiger partial charge is 0.299 e. The highest BCUT2D eigenvalue weighted by atomic mass is 16.1. The zero-order chi connectivity index (χ0) is 17.8. The fourth-order valence-corrected chi connectivity index (χ4v) is 2.95. The zero-order valence-corrected chi connectivity index (χ0v) is 14.2. The van der Waals surface area contributed by atoms with Gasteiger partial charge in [0.15, 0.2) is 0 Å². The van der Waals surface area contributed by atoms with E-state index in [0.29, 0.717) is 11.5 Å². The molecule has 0 spiro atoms. The average Bonchev–Trinajstić information content (AvgIpc) is 3.12. The van der Waals surface area contributed by atoms with Crippen molar-refractivity contribution in [1.82, 2.24) is 19.7 Å². The monoisotopic (exact) mass is 336 g/mol. The second-order valence-corrected chi connectivity index (χ2v) is 6.29. The van der Waals surface area contributed by atoms with Gasteiger partial charge in [-0.3, -0.25) is 14.6 Å². The third-order valence-corrected chi connectivity index (χ3v) is 4.12. The number of aromatic nitrogens is 4. The van der Waals surface area contributed by atoms with Crippen molar-refractivity contribution in [1.29, 1.82) is 0 Å². The van der Waals surface area contributed by atoms with Gasteiger partial charge in [0.1, 0.15) is 5.78 Å². The number of carbonyl (C=O) groups is 1. The first-order valence-corrected chi connectivity index (χ1v) is 8.22. The van der Waals surface area contributed by atoms with Crippen LogP contribution < -0.4 is 5.56 Å². The molecule has 2 heterocycles. The van der Waals surface area contributed by atoms with Gasteiger partial charge in [0.2, 0.25) is 5.95 Å². The van der Waals surface area contributed by atoms with Crippen LogP contribution in [-0.2, 0) is 11.2 Å². The lowest BCUT2D eigenvalue weighted by Crippen LogP contribution is -2.25. The standard InChI is InChI=1S/C19H20N4O2/c1-13(2)17(14-7-4-3-5-8-14)16(24)11-15-12-20-19(22-18(15)25)23-10-6-9-21-23/h3-10,12-13,17H,11H2,1-2H3,(H,20,22,25). The van der Waals surface area contributed by atoms with Crippen LogP contribution in [0.3, 0.4) is 0 Å². The first-order valence-electron chi connectivity index (χ1n) is 8.22. The SMILES string of the molecule is CC(C)C(C(=O)Cc1cnc(-n2cccn2)[nH]c1=O)c1ccccc1. The highest BCUT2D eigenvalue weighted by molar-refractivity contribution is 5.87. The van der Waals surface area contributed by atoms with Gasteiger partial charge in [-0.2, -0.15) is 5.10 Å². The van der Waals surface area contributed by atoms with E-state index < -0.39 is 0 Å². The highest BCUT2D eigenvalue weighted by Gasteiger charge is 2.24. The van der Waals surface area contributed by atoms with Crippen molar-refractivity contribution >= 4 is 5.78 Å². The Morgan fingerprint density at radius 2 is 1.96 bits per heavy atom. The average molecular weight is 336 g/mol. The smallest absolute Gasteiger partial charge is 0.255 e. The number of nitrogens with one attached hydrogen (secondary N) is 1. The Morgan fingerprint density at radius 1 is 1.20 bits per heavy atom. The van der Waals surface area contributed by atoms with Crippen molar-refractivity contribution in [2.45, 2.75) is 26.2 Å². The van der Waals surface area contributed by atoms with E-state index in [9.17, 15) is 9.59 Å². The van der Waals surface area contributed by atoms with Crippen LogP contribution in [0.2, 0.25) is 0 Å². The first-order chi connectivity index (χ1) is 12.1. The molecule has 0 fully saturated rings. The normalized spacial score (nSPS) is 12.3. The van der Waals surface area contributed by atoms with Crippen LogP contribution in [0.15, 0.2) is 59.8 Å². The number of nitrogens with zero attached hydrogens (tertiary/aromatic N) is 3. The summed E-state index contributed by atoms with van der Waals surface area (Å²) in [7, 11) is 0. The molecule has 1 N–H and O–H groups in total. The van der Waals surface area contributed by atoms with E-state index in [-0.39, 0.29) is 29.6 Å². The second-order valence-electron chi connectivity index (χ2n) is 6.29. The molecule has 2 aromatic heterocycles. The molecule has 1 atom stereocenters. The van der Waals surface area contributed by atoms with Crippen LogP contribution in [0.4, 0.5) is 0 Å². The summed E-state index contributed by atoms with van der Waals surface area (Å²) in [4.78, 5) is 32.0. The number of benzene rings is 1. The molecule has 1 aromatic carbocycles. The first kappa shape index (κ1) is 16.8. The lowest BCUT2D eigenvalue weighted by Gasteiger charge is -2.20. The summed E-state index contributed by atoms with van der Waals surface area (Å²) < 4.78 is 1.47. The number of hydrogen-bond donors (Lipinski definition) is 1. The minimum Gasteiger partial charge on any atom is -0.299 e. The number of ketones is 1. The van der Waals surface area contributed by atoms with Gasteiger partial charge in [0.25, 0.3) is 5.56 Å². The Hall–Kier alpha value is -3.02. The molecular weight excluding hydrogens is 316 g/mol.